The van der Waals surface area contributed by atoms with Crippen molar-refractivity contribution < 1.29 is 5.11 Å². The molecule has 0 aromatic carbocycles. The van der Waals surface area contributed by atoms with E-state index in [0.29, 0.717) is 22.3 Å². The summed E-state index contributed by atoms with van der Waals surface area (Å²) in [7, 11) is 0. The molecule has 5 nitrogen and oxygen atoms in total. The molecule has 1 aromatic rings. The molecule has 1 aliphatic rings. The van der Waals surface area contributed by atoms with Crippen LogP contribution < -0.4 is 5.69 Å². The minimum absolute atomic E-state index is 0.145. The molecule has 1 heterocycles. The molecule has 84 valence electrons. The van der Waals surface area contributed by atoms with E-state index in [1.807, 2.05) is 0 Å². The van der Waals surface area contributed by atoms with Crippen molar-refractivity contribution in [2.75, 3.05) is 11.1 Å². The van der Waals surface area contributed by atoms with Crippen molar-refractivity contribution in [3.63, 3.8) is 0 Å². The standard InChI is InChI=1S/C8H12BrN3O2S/c9-3-6(13)4-15-8-11-10-7(14)12(8)5-1-2-5/h5-6,13H,1-4H2,(H,10,14). The second-order valence-electron chi connectivity index (χ2n) is 3.53. The summed E-state index contributed by atoms with van der Waals surface area (Å²) in [4.78, 5) is 11.4. The Bertz CT molecular complexity index is 387. The number of aliphatic hydroxyl groups excluding tert-OH is 1. The Labute approximate surface area is 99.4 Å². The lowest BCUT2D eigenvalue weighted by Gasteiger charge is -2.06. The van der Waals surface area contributed by atoms with E-state index < -0.39 is 6.10 Å². The van der Waals surface area contributed by atoms with Gasteiger partial charge in [-0.2, -0.15) is 0 Å². The van der Waals surface area contributed by atoms with E-state index in [9.17, 15) is 9.90 Å². The second kappa shape index (κ2) is 4.71. The van der Waals surface area contributed by atoms with Crippen molar-refractivity contribution in [2.45, 2.75) is 30.1 Å². The Morgan fingerprint density at radius 3 is 3.07 bits per heavy atom. The van der Waals surface area contributed by atoms with Crippen LogP contribution in [0.1, 0.15) is 18.9 Å². The van der Waals surface area contributed by atoms with Crippen molar-refractivity contribution in [3.8, 4) is 0 Å². The number of aliphatic hydroxyl groups is 1. The lowest BCUT2D eigenvalue weighted by atomic mass is 10.5. The highest BCUT2D eigenvalue weighted by atomic mass is 79.9. The van der Waals surface area contributed by atoms with Gasteiger partial charge in [0.1, 0.15) is 0 Å². The molecular weight excluding hydrogens is 282 g/mol. The molecule has 0 bridgehead atoms. The number of hydrogen-bond acceptors (Lipinski definition) is 4. The minimum Gasteiger partial charge on any atom is -0.391 e. The second-order valence-corrected chi connectivity index (χ2v) is 5.17. The predicted octanol–water partition coefficient (Wildman–Crippen LogP) is 0.754. The van der Waals surface area contributed by atoms with E-state index in [2.05, 4.69) is 26.1 Å². The van der Waals surface area contributed by atoms with Crippen LogP contribution in [-0.4, -0.2) is 37.1 Å². The Balaban J connectivity index is 2.04. The van der Waals surface area contributed by atoms with Gasteiger partial charge in [0.25, 0.3) is 0 Å². The number of aromatic nitrogens is 3. The van der Waals surface area contributed by atoms with Crippen molar-refractivity contribution in [2.24, 2.45) is 0 Å². The topological polar surface area (TPSA) is 70.9 Å². The number of halogens is 1. The minimum atomic E-state index is -0.408. The third-order valence-corrected chi connectivity index (χ3v) is 4.01. The number of H-pyrrole nitrogens is 1. The zero-order valence-corrected chi connectivity index (χ0v) is 10.4. The zero-order valence-electron chi connectivity index (χ0n) is 8.02. The maximum Gasteiger partial charge on any atom is 0.344 e. The van der Waals surface area contributed by atoms with Gasteiger partial charge in [0.2, 0.25) is 0 Å². The molecule has 0 saturated heterocycles. The summed E-state index contributed by atoms with van der Waals surface area (Å²) in [6, 6.07) is 0.319. The maximum atomic E-state index is 11.4. The third kappa shape index (κ3) is 2.64. The Hall–Kier alpha value is -0.270. The van der Waals surface area contributed by atoms with Gasteiger partial charge in [-0.3, -0.25) is 4.57 Å². The molecule has 1 aromatic heterocycles. The van der Waals surface area contributed by atoms with Gasteiger partial charge in [-0.15, -0.1) is 5.10 Å². The molecule has 15 heavy (non-hydrogen) atoms. The lowest BCUT2D eigenvalue weighted by Crippen LogP contribution is -2.17. The third-order valence-electron chi connectivity index (χ3n) is 2.17. The number of rotatable bonds is 5. The van der Waals surface area contributed by atoms with E-state index in [1.54, 1.807) is 4.57 Å². The van der Waals surface area contributed by atoms with Crippen molar-refractivity contribution in [3.05, 3.63) is 10.5 Å². The summed E-state index contributed by atoms with van der Waals surface area (Å²) < 4.78 is 1.69. The fourth-order valence-corrected chi connectivity index (χ4v) is 2.73. The van der Waals surface area contributed by atoms with Gasteiger partial charge in [-0.05, 0) is 12.8 Å². The first kappa shape index (κ1) is 11.2. The van der Waals surface area contributed by atoms with Crippen LogP contribution in [0.15, 0.2) is 9.95 Å². The van der Waals surface area contributed by atoms with Crippen LogP contribution in [0, 0.1) is 0 Å². The molecule has 0 amide bonds. The summed E-state index contributed by atoms with van der Waals surface area (Å²) >= 11 is 4.60. The van der Waals surface area contributed by atoms with Crippen LogP contribution in [0.4, 0.5) is 0 Å². The summed E-state index contributed by atoms with van der Waals surface area (Å²) in [5.41, 5.74) is -0.145. The first-order valence-corrected chi connectivity index (χ1v) is 6.87. The maximum absolute atomic E-state index is 11.4. The molecule has 0 radical (unpaired) electrons. The van der Waals surface area contributed by atoms with Crippen LogP contribution >= 0.6 is 27.7 Å². The van der Waals surface area contributed by atoms with Crippen LogP contribution in [0.5, 0.6) is 0 Å². The molecule has 0 spiro atoms. The van der Waals surface area contributed by atoms with Crippen LogP contribution in [0.25, 0.3) is 0 Å². The molecule has 2 rings (SSSR count). The number of nitrogens with one attached hydrogen (secondary N) is 1. The van der Waals surface area contributed by atoms with Crippen molar-refractivity contribution >= 4 is 27.7 Å². The average molecular weight is 294 g/mol. The first-order valence-electron chi connectivity index (χ1n) is 4.76. The van der Waals surface area contributed by atoms with Gasteiger partial charge in [-0.1, -0.05) is 27.7 Å². The lowest BCUT2D eigenvalue weighted by molar-refractivity contribution is 0.226. The Morgan fingerprint density at radius 2 is 2.47 bits per heavy atom. The molecule has 1 saturated carbocycles. The molecular formula is C8H12BrN3O2S. The van der Waals surface area contributed by atoms with E-state index in [-0.39, 0.29) is 5.69 Å². The monoisotopic (exact) mass is 293 g/mol. The van der Waals surface area contributed by atoms with Crippen molar-refractivity contribution in [1.82, 2.24) is 14.8 Å². The molecule has 1 unspecified atom stereocenters. The quantitative estimate of drug-likeness (QED) is 0.621. The van der Waals surface area contributed by atoms with Crippen LogP contribution in [0.3, 0.4) is 0 Å². The fraction of sp³-hybridized carbons (Fsp3) is 0.750. The highest BCUT2D eigenvalue weighted by Gasteiger charge is 2.28. The number of aromatic amines is 1. The molecule has 2 N–H and O–H groups in total. The molecule has 0 aliphatic heterocycles. The zero-order chi connectivity index (χ0) is 10.8. The summed E-state index contributed by atoms with van der Waals surface area (Å²) in [6.45, 7) is 0. The molecule has 1 atom stereocenters. The molecule has 1 fully saturated rings. The van der Waals surface area contributed by atoms with Gasteiger partial charge in [0.15, 0.2) is 5.16 Å². The molecule has 1 aliphatic carbocycles. The van der Waals surface area contributed by atoms with Crippen molar-refractivity contribution in [1.29, 1.82) is 0 Å². The van der Waals surface area contributed by atoms with Gasteiger partial charge < -0.3 is 5.11 Å². The Morgan fingerprint density at radius 1 is 1.73 bits per heavy atom. The average Bonchev–Trinajstić information content (AvgIpc) is 3.00. The predicted molar refractivity (Wildman–Crippen MR) is 61.6 cm³/mol. The number of alkyl halides is 1. The van der Waals surface area contributed by atoms with Gasteiger partial charge in [0, 0.05) is 17.1 Å². The summed E-state index contributed by atoms with van der Waals surface area (Å²) in [5.74, 6) is 0.544. The highest BCUT2D eigenvalue weighted by Crippen LogP contribution is 2.36. The molecule has 7 heteroatoms. The Kier molecular flexibility index (Phi) is 3.53. The van der Waals surface area contributed by atoms with Gasteiger partial charge in [-0.25, -0.2) is 9.89 Å². The first-order chi connectivity index (χ1) is 7.22. The normalized spacial score (nSPS) is 18.0. The van der Waals surface area contributed by atoms with E-state index in [1.165, 1.54) is 11.8 Å². The number of hydrogen-bond donors (Lipinski definition) is 2. The van der Waals surface area contributed by atoms with Crippen LogP contribution in [-0.2, 0) is 0 Å². The van der Waals surface area contributed by atoms with E-state index in [4.69, 9.17) is 0 Å². The van der Waals surface area contributed by atoms with E-state index in [0.717, 1.165) is 12.8 Å². The summed E-state index contributed by atoms with van der Waals surface area (Å²) in [6.07, 6.45) is 1.69. The SMILES string of the molecule is O=c1[nH]nc(SCC(O)CBr)n1C1CC1. The number of nitrogens with zero attached hydrogens (tertiary/aromatic N) is 2. The fourth-order valence-electron chi connectivity index (χ4n) is 1.26. The van der Waals surface area contributed by atoms with Gasteiger partial charge >= 0.3 is 5.69 Å². The van der Waals surface area contributed by atoms with Crippen LogP contribution in [0.2, 0.25) is 0 Å². The number of thioether (sulfide) groups is 1. The largest absolute Gasteiger partial charge is 0.391 e. The smallest absolute Gasteiger partial charge is 0.344 e. The highest BCUT2D eigenvalue weighted by molar-refractivity contribution is 9.09. The van der Waals surface area contributed by atoms with Gasteiger partial charge in [0.05, 0.1) is 6.10 Å². The summed E-state index contributed by atoms with van der Waals surface area (Å²) in [5, 5.41) is 17.0. The van der Waals surface area contributed by atoms with E-state index >= 15 is 0 Å².